The first-order valence-electron chi connectivity index (χ1n) is 17.1. The first-order chi connectivity index (χ1) is 21.4. The first-order valence-corrected chi connectivity index (χ1v) is 22.9. The van der Waals surface area contributed by atoms with Gasteiger partial charge in [-0.15, -0.1) is 0 Å². The van der Waals surface area contributed by atoms with Crippen LogP contribution in [0.15, 0.2) is 12.3 Å². The molecule has 13 heteroatoms. The molecule has 0 aromatic heterocycles. The van der Waals surface area contributed by atoms with Gasteiger partial charge < -0.3 is 42.0 Å². The molecule has 0 amide bonds. The van der Waals surface area contributed by atoms with Gasteiger partial charge in [-0.2, -0.15) is 0 Å². The van der Waals surface area contributed by atoms with E-state index in [1.54, 1.807) is 13.2 Å². The van der Waals surface area contributed by atoms with E-state index in [0.29, 0.717) is 6.42 Å². The quantitative estimate of drug-likeness (QED) is 0.181. The van der Waals surface area contributed by atoms with Crippen LogP contribution in [0.3, 0.4) is 0 Å². The molecule has 47 heavy (non-hydrogen) atoms. The maximum Gasteiger partial charge on any atom is 0.303 e. The van der Waals surface area contributed by atoms with Crippen LogP contribution in [0.4, 0.5) is 0 Å². The van der Waals surface area contributed by atoms with Gasteiger partial charge in [0.15, 0.2) is 35.3 Å². The molecule has 272 valence electrons. The van der Waals surface area contributed by atoms with Crippen LogP contribution in [0, 0.1) is 0 Å². The summed E-state index contributed by atoms with van der Waals surface area (Å²) in [6.45, 7) is 30.5. The zero-order valence-corrected chi connectivity index (χ0v) is 33.4. The summed E-state index contributed by atoms with van der Waals surface area (Å²) in [5.74, 6) is -0.949. The second kappa shape index (κ2) is 15.3. The van der Waals surface area contributed by atoms with Crippen molar-refractivity contribution in [2.45, 2.75) is 193 Å². The van der Waals surface area contributed by atoms with Gasteiger partial charge in [0, 0.05) is 26.7 Å². The summed E-state index contributed by atoms with van der Waals surface area (Å²) in [6.07, 6.45) is -1.37. The lowest BCUT2D eigenvalue weighted by molar-refractivity contribution is -0.320. The number of esters is 2. The summed E-state index contributed by atoms with van der Waals surface area (Å²) in [5, 5.41) is -0.0254. The maximum atomic E-state index is 12.0. The van der Waals surface area contributed by atoms with Crippen molar-refractivity contribution in [1.29, 1.82) is 0 Å². The van der Waals surface area contributed by atoms with E-state index in [1.807, 2.05) is 19.9 Å². The van der Waals surface area contributed by atoms with E-state index >= 15 is 0 Å². The molecule has 0 bridgehead atoms. The molecule has 2 fully saturated rings. The van der Waals surface area contributed by atoms with E-state index in [0.717, 1.165) is 0 Å². The minimum atomic E-state index is -2.28. The molecular formula is C34H62O11Si2. The van der Waals surface area contributed by atoms with Crippen molar-refractivity contribution in [3.8, 4) is 0 Å². The third kappa shape index (κ3) is 10.3. The second-order valence-electron chi connectivity index (χ2n) is 16.4. The van der Waals surface area contributed by atoms with Gasteiger partial charge in [0.25, 0.3) is 0 Å². The Bertz CT molecular complexity index is 1100. The maximum absolute atomic E-state index is 12.0. The van der Waals surface area contributed by atoms with Crippen LogP contribution in [0.25, 0.3) is 0 Å². The van der Waals surface area contributed by atoms with Gasteiger partial charge in [-0.1, -0.05) is 41.5 Å². The zero-order chi connectivity index (χ0) is 35.7. The van der Waals surface area contributed by atoms with Crippen LogP contribution in [0.1, 0.15) is 89.0 Å². The molecule has 3 rings (SSSR count). The van der Waals surface area contributed by atoms with Gasteiger partial charge in [0.2, 0.25) is 0 Å². The van der Waals surface area contributed by atoms with Gasteiger partial charge >= 0.3 is 11.9 Å². The first kappa shape index (κ1) is 40.1. The number of carbonyl (C=O) groups excluding carboxylic acids is 2. The molecule has 11 nitrogen and oxygen atoms in total. The third-order valence-electron chi connectivity index (χ3n) is 10.3. The summed E-state index contributed by atoms with van der Waals surface area (Å²) < 4.78 is 56.9. The molecule has 3 aliphatic heterocycles. The lowest BCUT2D eigenvalue weighted by Gasteiger charge is -2.49. The number of ether oxygens (including phenoxy) is 7. The van der Waals surface area contributed by atoms with Crippen molar-refractivity contribution in [3.63, 3.8) is 0 Å². The van der Waals surface area contributed by atoms with E-state index in [2.05, 4.69) is 67.7 Å². The Balaban J connectivity index is 1.85. The number of carbonyl (C=O) groups is 2. The standard InChI is InChI=1S/C34H62O11Si2/c1-20-30(25(16-17-37-20)44-46(12,13)33(6,7)8)42-29-19-27(45-47(14,15)34(9,10)11)32(22(3)39-29)43-28-18-26(40-23(4)35)31(21(2)38-28)41-24(5)36/h16-17,20-22,25-32H,18-19H2,1-15H3/t20-,21-,22-,25+,26+,27+,28+,29?,30-,31-,32-/m1/s1. The molecule has 0 radical (unpaired) electrons. The van der Waals surface area contributed by atoms with E-state index in [9.17, 15) is 9.59 Å². The molecular weight excluding hydrogens is 641 g/mol. The van der Waals surface area contributed by atoms with Crippen LogP contribution in [0.2, 0.25) is 36.3 Å². The highest BCUT2D eigenvalue weighted by Gasteiger charge is 2.50. The molecule has 2 saturated heterocycles. The smallest absolute Gasteiger partial charge is 0.303 e. The third-order valence-corrected chi connectivity index (χ3v) is 19.3. The Hall–Kier alpha value is -1.33. The van der Waals surface area contributed by atoms with E-state index in [4.69, 9.17) is 42.0 Å². The number of hydrogen-bond acceptors (Lipinski definition) is 11. The summed E-state index contributed by atoms with van der Waals surface area (Å²) >= 11 is 0. The van der Waals surface area contributed by atoms with E-state index in [1.165, 1.54) is 13.8 Å². The average Bonchev–Trinajstić information content (AvgIpc) is 2.88. The topological polar surface area (TPSA) is 117 Å². The van der Waals surface area contributed by atoms with Crippen LogP contribution >= 0.6 is 0 Å². The highest BCUT2D eigenvalue weighted by molar-refractivity contribution is 6.74. The Morgan fingerprint density at radius 1 is 0.660 bits per heavy atom. The van der Waals surface area contributed by atoms with Crippen LogP contribution < -0.4 is 0 Å². The van der Waals surface area contributed by atoms with Crippen molar-refractivity contribution in [3.05, 3.63) is 12.3 Å². The van der Waals surface area contributed by atoms with Gasteiger partial charge in [0.05, 0.1) is 30.7 Å². The van der Waals surface area contributed by atoms with E-state index < -0.39 is 71.7 Å². The zero-order valence-electron chi connectivity index (χ0n) is 31.4. The van der Waals surface area contributed by atoms with Crippen molar-refractivity contribution in [1.82, 2.24) is 0 Å². The molecule has 3 heterocycles. The number of hydrogen-bond donors (Lipinski definition) is 0. The molecule has 0 aromatic rings. The fourth-order valence-corrected chi connectivity index (χ4v) is 8.18. The largest absolute Gasteiger partial charge is 0.496 e. The molecule has 11 atom stereocenters. The Labute approximate surface area is 284 Å². The average molecular weight is 703 g/mol. The number of rotatable bonds is 10. The fraction of sp³-hybridized carbons (Fsp3) is 0.882. The summed E-state index contributed by atoms with van der Waals surface area (Å²) in [5.41, 5.74) is 0. The van der Waals surface area contributed by atoms with Crippen LogP contribution in [-0.2, 0) is 51.6 Å². The molecule has 0 spiro atoms. The van der Waals surface area contributed by atoms with Crippen LogP contribution in [0.5, 0.6) is 0 Å². The predicted octanol–water partition coefficient (Wildman–Crippen LogP) is 6.60. The highest BCUT2D eigenvalue weighted by atomic mass is 28.4. The van der Waals surface area contributed by atoms with Gasteiger partial charge in [-0.25, -0.2) is 0 Å². The molecule has 0 saturated carbocycles. The van der Waals surface area contributed by atoms with Gasteiger partial charge in [0.1, 0.15) is 24.4 Å². The molecule has 0 aliphatic carbocycles. The normalized spacial score (nSPS) is 35.6. The molecule has 0 N–H and O–H groups in total. The minimum Gasteiger partial charge on any atom is -0.496 e. The van der Waals surface area contributed by atoms with Gasteiger partial charge in [-0.05, 0) is 63.1 Å². The van der Waals surface area contributed by atoms with E-state index in [-0.39, 0.29) is 40.9 Å². The highest BCUT2D eigenvalue weighted by Crippen LogP contribution is 2.42. The van der Waals surface area contributed by atoms with Crippen molar-refractivity contribution in [2.24, 2.45) is 0 Å². The molecule has 3 aliphatic rings. The minimum absolute atomic E-state index is 0.0286. The molecule has 1 unspecified atom stereocenters. The Kier molecular flexibility index (Phi) is 13.0. The van der Waals surface area contributed by atoms with Crippen molar-refractivity contribution >= 4 is 28.6 Å². The lowest BCUT2D eigenvalue weighted by atomic mass is 9.99. The Morgan fingerprint density at radius 2 is 1.13 bits per heavy atom. The fourth-order valence-electron chi connectivity index (χ4n) is 5.60. The summed E-state index contributed by atoms with van der Waals surface area (Å²) in [6, 6.07) is 0. The summed E-state index contributed by atoms with van der Waals surface area (Å²) in [4.78, 5) is 23.8. The summed E-state index contributed by atoms with van der Waals surface area (Å²) in [7, 11) is -4.40. The van der Waals surface area contributed by atoms with Crippen molar-refractivity contribution in [2.75, 3.05) is 0 Å². The monoisotopic (exact) mass is 702 g/mol. The van der Waals surface area contributed by atoms with Gasteiger partial charge in [-0.3, -0.25) is 9.59 Å². The Morgan fingerprint density at radius 3 is 1.64 bits per heavy atom. The SMILES string of the molecule is CC(=O)O[C@H]1[C@@H](OC(C)=O)C[C@H](O[C@H]2[C@@H](O[Si](C)(C)C(C)(C)C)CC(O[C@H]3[C@@H](O[Si](C)(C)C(C)(C)C)C=CO[C@@H]3C)O[C@@H]2C)O[C@@H]1C. The second-order valence-corrected chi connectivity index (χ2v) is 25.9. The van der Waals surface area contributed by atoms with Crippen molar-refractivity contribution < 1.29 is 51.6 Å². The predicted molar refractivity (Wildman–Crippen MR) is 183 cm³/mol. The van der Waals surface area contributed by atoms with Crippen LogP contribution in [-0.4, -0.2) is 96.1 Å². The molecule has 0 aromatic carbocycles. The lowest BCUT2D eigenvalue weighted by Crippen LogP contribution is -2.59.